The molecule has 0 radical (unpaired) electrons. The Kier molecular flexibility index (Phi) is 7.04. The molecule has 0 fully saturated rings. The fraction of sp³-hybridized carbons (Fsp3) is 0.300. The Labute approximate surface area is 158 Å². The van der Waals surface area contributed by atoms with Gasteiger partial charge in [-0.05, 0) is 37.1 Å². The summed E-state index contributed by atoms with van der Waals surface area (Å²) in [6.45, 7) is 6.10. The third-order valence-corrected chi connectivity index (χ3v) is 4.13. The van der Waals surface area contributed by atoms with Crippen molar-refractivity contribution in [2.24, 2.45) is 5.92 Å². The highest BCUT2D eigenvalue weighted by Crippen LogP contribution is 2.24. The van der Waals surface area contributed by atoms with E-state index in [1.165, 1.54) is 0 Å². The van der Waals surface area contributed by atoms with Gasteiger partial charge in [0.05, 0.1) is 22.9 Å². The van der Waals surface area contributed by atoms with Crippen LogP contribution in [0.25, 0.3) is 0 Å². The standard InChI is InChI=1S/C20H23ClN2O3/c1-4-26-17-12-8-7-11-16(17)22-20(25)18(13(2)3)23-19(24)14-9-5-6-10-15(14)21/h5-13,18H,4H2,1-3H3,(H,22,25)(H,23,24)/t18-/m0/s1. The summed E-state index contributed by atoms with van der Waals surface area (Å²) in [5.74, 6) is -0.223. The number of benzene rings is 2. The van der Waals surface area contributed by atoms with Crippen molar-refractivity contribution in [2.75, 3.05) is 11.9 Å². The molecule has 1 atom stereocenters. The molecule has 0 bridgehead atoms. The number of amides is 2. The molecule has 0 spiro atoms. The number of halogens is 1. The van der Waals surface area contributed by atoms with E-state index in [0.717, 1.165) is 0 Å². The van der Waals surface area contributed by atoms with Crippen molar-refractivity contribution in [3.63, 3.8) is 0 Å². The van der Waals surface area contributed by atoms with Gasteiger partial charge in [-0.1, -0.05) is 49.7 Å². The zero-order valence-electron chi connectivity index (χ0n) is 15.1. The number of carbonyl (C=O) groups excluding carboxylic acids is 2. The van der Waals surface area contributed by atoms with Gasteiger partial charge in [-0.2, -0.15) is 0 Å². The highest BCUT2D eigenvalue weighted by molar-refractivity contribution is 6.33. The van der Waals surface area contributed by atoms with Crippen LogP contribution in [0.2, 0.25) is 5.02 Å². The van der Waals surface area contributed by atoms with Crippen molar-refractivity contribution in [1.82, 2.24) is 5.32 Å². The number of anilines is 1. The average molecular weight is 375 g/mol. The van der Waals surface area contributed by atoms with Crippen molar-refractivity contribution in [1.29, 1.82) is 0 Å². The molecular weight excluding hydrogens is 352 g/mol. The highest BCUT2D eigenvalue weighted by atomic mass is 35.5. The van der Waals surface area contributed by atoms with Crippen molar-refractivity contribution in [2.45, 2.75) is 26.8 Å². The molecule has 0 saturated heterocycles. The summed E-state index contributed by atoms with van der Waals surface area (Å²) < 4.78 is 5.52. The molecule has 0 heterocycles. The predicted octanol–water partition coefficient (Wildman–Crippen LogP) is 4.13. The van der Waals surface area contributed by atoms with Crippen LogP contribution in [0.1, 0.15) is 31.1 Å². The van der Waals surface area contributed by atoms with Gasteiger partial charge in [-0.15, -0.1) is 0 Å². The van der Waals surface area contributed by atoms with Gasteiger partial charge in [-0.3, -0.25) is 9.59 Å². The van der Waals surface area contributed by atoms with E-state index in [-0.39, 0.29) is 17.7 Å². The second kappa shape index (κ2) is 9.25. The Morgan fingerprint density at radius 3 is 2.38 bits per heavy atom. The summed E-state index contributed by atoms with van der Waals surface area (Å²) in [5.41, 5.74) is 0.902. The Balaban J connectivity index is 2.16. The van der Waals surface area contributed by atoms with Crippen molar-refractivity contribution < 1.29 is 14.3 Å². The Bertz CT molecular complexity index is 777. The van der Waals surface area contributed by atoms with Gasteiger partial charge in [0.15, 0.2) is 0 Å². The lowest BCUT2D eigenvalue weighted by Gasteiger charge is -2.22. The van der Waals surface area contributed by atoms with Crippen LogP contribution in [0.4, 0.5) is 5.69 Å². The largest absolute Gasteiger partial charge is 0.492 e. The van der Waals surface area contributed by atoms with E-state index in [1.807, 2.05) is 32.9 Å². The predicted molar refractivity (Wildman–Crippen MR) is 104 cm³/mol. The molecule has 5 nitrogen and oxygen atoms in total. The van der Waals surface area contributed by atoms with Crippen LogP contribution >= 0.6 is 11.6 Å². The van der Waals surface area contributed by atoms with Crippen LogP contribution in [-0.4, -0.2) is 24.5 Å². The number of carbonyl (C=O) groups is 2. The van der Waals surface area contributed by atoms with Crippen LogP contribution in [0.5, 0.6) is 5.75 Å². The van der Waals surface area contributed by atoms with E-state index >= 15 is 0 Å². The fourth-order valence-electron chi connectivity index (χ4n) is 2.46. The minimum atomic E-state index is -0.714. The van der Waals surface area contributed by atoms with Gasteiger partial charge in [0.1, 0.15) is 11.8 Å². The summed E-state index contributed by atoms with van der Waals surface area (Å²) >= 11 is 6.07. The fourth-order valence-corrected chi connectivity index (χ4v) is 2.68. The molecule has 0 aliphatic heterocycles. The Morgan fingerprint density at radius 2 is 1.73 bits per heavy atom. The molecule has 2 aromatic rings. The molecule has 2 amide bonds. The van der Waals surface area contributed by atoms with Gasteiger partial charge in [0, 0.05) is 0 Å². The molecule has 0 unspecified atom stereocenters. The van der Waals surface area contributed by atoms with Crippen LogP contribution in [-0.2, 0) is 4.79 Å². The lowest BCUT2D eigenvalue weighted by atomic mass is 10.0. The third-order valence-electron chi connectivity index (χ3n) is 3.80. The van der Waals surface area contributed by atoms with Gasteiger partial charge >= 0.3 is 0 Å². The third kappa shape index (κ3) is 4.99. The second-order valence-electron chi connectivity index (χ2n) is 6.09. The van der Waals surface area contributed by atoms with Crippen molar-refractivity contribution >= 4 is 29.1 Å². The SMILES string of the molecule is CCOc1ccccc1NC(=O)[C@@H](NC(=O)c1ccccc1Cl)C(C)C. The van der Waals surface area contributed by atoms with Crippen LogP contribution in [0.15, 0.2) is 48.5 Å². The summed E-state index contributed by atoms with van der Waals surface area (Å²) in [5, 5.41) is 5.95. The number of ether oxygens (including phenoxy) is 1. The highest BCUT2D eigenvalue weighted by Gasteiger charge is 2.26. The quantitative estimate of drug-likeness (QED) is 0.765. The van der Waals surface area contributed by atoms with Crippen molar-refractivity contribution in [3.8, 4) is 5.75 Å². The number of rotatable bonds is 7. The lowest BCUT2D eigenvalue weighted by molar-refractivity contribution is -0.118. The molecule has 6 heteroatoms. The first-order valence-corrected chi connectivity index (χ1v) is 8.90. The van der Waals surface area contributed by atoms with Crippen LogP contribution < -0.4 is 15.4 Å². The lowest BCUT2D eigenvalue weighted by Crippen LogP contribution is -2.47. The number of para-hydroxylation sites is 2. The van der Waals surface area contributed by atoms with E-state index in [2.05, 4.69) is 10.6 Å². The summed E-state index contributed by atoms with van der Waals surface area (Å²) in [6, 6.07) is 13.2. The Morgan fingerprint density at radius 1 is 1.08 bits per heavy atom. The minimum absolute atomic E-state index is 0.110. The number of hydrogen-bond acceptors (Lipinski definition) is 3. The zero-order valence-corrected chi connectivity index (χ0v) is 15.8. The first kappa shape index (κ1) is 19.8. The van der Waals surface area contributed by atoms with Crippen LogP contribution in [0, 0.1) is 5.92 Å². The van der Waals surface area contributed by atoms with E-state index in [1.54, 1.807) is 36.4 Å². The monoisotopic (exact) mass is 374 g/mol. The summed E-state index contributed by atoms with van der Waals surface area (Å²) in [6.07, 6.45) is 0. The molecule has 2 rings (SSSR count). The normalized spacial score (nSPS) is 11.7. The summed E-state index contributed by atoms with van der Waals surface area (Å²) in [7, 11) is 0. The maximum absolute atomic E-state index is 12.7. The Hall–Kier alpha value is -2.53. The molecule has 26 heavy (non-hydrogen) atoms. The molecule has 0 aliphatic rings. The smallest absolute Gasteiger partial charge is 0.253 e. The van der Waals surface area contributed by atoms with E-state index in [9.17, 15) is 9.59 Å². The van der Waals surface area contributed by atoms with Gasteiger partial charge in [-0.25, -0.2) is 0 Å². The molecule has 0 saturated carbocycles. The molecule has 0 aliphatic carbocycles. The van der Waals surface area contributed by atoms with E-state index in [0.29, 0.717) is 28.6 Å². The van der Waals surface area contributed by atoms with Crippen LogP contribution in [0.3, 0.4) is 0 Å². The van der Waals surface area contributed by atoms with Gasteiger partial charge < -0.3 is 15.4 Å². The topological polar surface area (TPSA) is 67.4 Å². The molecule has 2 aromatic carbocycles. The van der Waals surface area contributed by atoms with Crippen molar-refractivity contribution in [3.05, 3.63) is 59.1 Å². The maximum atomic E-state index is 12.7. The number of hydrogen-bond donors (Lipinski definition) is 2. The molecule has 0 aromatic heterocycles. The van der Waals surface area contributed by atoms with E-state index < -0.39 is 6.04 Å². The van der Waals surface area contributed by atoms with E-state index in [4.69, 9.17) is 16.3 Å². The molecule has 138 valence electrons. The minimum Gasteiger partial charge on any atom is -0.492 e. The number of nitrogens with one attached hydrogen (secondary N) is 2. The zero-order chi connectivity index (χ0) is 19.1. The van der Waals surface area contributed by atoms with Gasteiger partial charge in [0.25, 0.3) is 5.91 Å². The molecular formula is C20H23ClN2O3. The maximum Gasteiger partial charge on any atom is 0.253 e. The first-order chi connectivity index (χ1) is 12.4. The first-order valence-electron chi connectivity index (χ1n) is 8.52. The average Bonchev–Trinajstić information content (AvgIpc) is 2.61. The molecule has 2 N–H and O–H groups in total. The second-order valence-corrected chi connectivity index (χ2v) is 6.50. The van der Waals surface area contributed by atoms with Gasteiger partial charge in [0.2, 0.25) is 5.91 Å². The summed E-state index contributed by atoms with van der Waals surface area (Å²) in [4.78, 5) is 25.3.